The van der Waals surface area contributed by atoms with Crippen molar-refractivity contribution in [3.8, 4) is 0 Å². The Morgan fingerprint density at radius 2 is 1.71 bits per heavy atom. The first-order valence-electron chi connectivity index (χ1n) is 12.0. The van der Waals surface area contributed by atoms with E-state index in [0.717, 1.165) is 21.6 Å². The van der Waals surface area contributed by atoms with Crippen molar-refractivity contribution in [1.82, 2.24) is 25.8 Å². The van der Waals surface area contributed by atoms with Crippen LogP contribution in [0.5, 0.6) is 0 Å². The van der Waals surface area contributed by atoms with Crippen LogP contribution in [-0.4, -0.2) is 104 Å². The molecular formula is C22H21F6N7O6S. The number of guanidine groups is 2. The van der Waals surface area contributed by atoms with E-state index in [1.165, 1.54) is 0 Å². The number of carbonyl (C=O) groups is 3. The number of ether oxygens (including phenoxy) is 1. The highest BCUT2D eigenvalue weighted by molar-refractivity contribution is 8.00. The predicted octanol–water partition coefficient (Wildman–Crippen LogP) is -0.553. The number of esters is 1. The highest BCUT2D eigenvalue weighted by atomic mass is 32.2. The lowest BCUT2D eigenvalue weighted by atomic mass is 9.85. The van der Waals surface area contributed by atoms with Crippen LogP contribution >= 0.6 is 11.8 Å². The lowest BCUT2D eigenvalue weighted by molar-refractivity contribution is -0.258. The zero-order chi connectivity index (χ0) is 31.0. The molecule has 13 nitrogen and oxygen atoms in total. The second-order valence-electron chi connectivity index (χ2n) is 9.87. The molecule has 0 bridgehead atoms. The second kappa shape index (κ2) is 9.63. The first kappa shape index (κ1) is 29.7. The van der Waals surface area contributed by atoms with E-state index >= 15 is 0 Å². The summed E-state index contributed by atoms with van der Waals surface area (Å²) in [5.74, 6) is -7.47. The van der Waals surface area contributed by atoms with Crippen LogP contribution in [0.4, 0.5) is 26.3 Å². The molecule has 4 aliphatic heterocycles. The smallest absolute Gasteiger partial charge is 0.417 e. The van der Waals surface area contributed by atoms with Gasteiger partial charge in [0.1, 0.15) is 0 Å². The Kier molecular flexibility index (Phi) is 6.81. The van der Waals surface area contributed by atoms with Crippen molar-refractivity contribution in [2.24, 2.45) is 0 Å². The van der Waals surface area contributed by atoms with Gasteiger partial charge < -0.3 is 35.8 Å². The summed E-state index contributed by atoms with van der Waals surface area (Å²) in [7, 11) is 0. The standard InChI is InChI=1S/C22H21F6N7O6S/c23-21(24,25)8-1-2-10(22(26,27)28)9(3-8)16(38)41-12-5-35-18(30)31-11(4-34-13(36)6-42-7-14(34)37)15-19(35,20(12,39)40)33-17(29)32-15/h1-3,11-12,15,39-40H,4-7H2,(H2,30,31)(H3,29,32,33)/t11-,12-,15?,19?/m0/s1. The molecule has 5 rings (SSSR count). The summed E-state index contributed by atoms with van der Waals surface area (Å²) in [6, 6.07) is -2.35. The number of imide groups is 1. The van der Waals surface area contributed by atoms with Crippen LogP contribution in [0.1, 0.15) is 21.5 Å². The van der Waals surface area contributed by atoms with Crippen molar-refractivity contribution in [2.45, 2.75) is 42.0 Å². The fourth-order valence-electron chi connectivity index (χ4n) is 5.52. The van der Waals surface area contributed by atoms with Gasteiger partial charge in [-0.1, -0.05) is 0 Å². The SMILES string of the molecule is N=C1NC2[C@H](CN3C(=O)CSCC3=O)NC(=N)N3C[C@H](OC(=O)c4cc(C(F)(F)F)ccc4C(F)(F)F)C(O)(O)C23N1. The van der Waals surface area contributed by atoms with E-state index in [4.69, 9.17) is 15.6 Å². The van der Waals surface area contributed by atoms with E-state index in [9.17, 15) is 50.9 Å². The molecule has 2 unspecified atom stereocenters. The van der Waals surface area contributed by atoms with Gasteiger partial charge in [-0.15, -0.1) is 11.8 Å². The molecule has 0 radical (unpaired) electrons. The molecule has 228 valence electrons. The molecule has 4 saturated heterocycles. The summed E-state index contributed by atoms with van der Waals surface area (Å²) in [6.07, 6.45) is -12.6. The van der Waals surface area contributed by atoms with Crippen LogP contribution in [0.25, 0.3) is 0 Å². The van der Waals surface area contributed by atoms with Gasteiger partial charge in [-0.25, -0.2) is 4.79 Å². The van der Waals surface area contributed by atoms with Crippen LogP contribution in [0.15, 0.2) is 18.2 Å². The molecular weight excluding hydrogens is 604 g/mol. The van der Waals surface area contributed by atoms with Crippen LogP contribution in [0.3, 0.4) is 0 Å². The number of aliphatic hydroxyl groups is 2. The summed E-state index contributed by atoms with van der Waals surface area (Å²) >= 11 is 1.08. The first-order chi connectivity index (χ1) is 19.4. The summed E-state index contributed by atoms with van der Waals surface area (Å²) in [5.41, 5.74) is -7.20. The van der Waals surface area contributed by atoms with Gasteiger partial charge in [0, 0.05) is 0 Å². The fraction of sp³-hybridized carbons (Fsp3) is 0.500. The minimum atomic E-state index is -5.28. The quantitative estimate of drug-likeness (QED) is 0.0984. The number of benzene rings is 1. The Morgan fingerprint density at radius 3 is 2.31 bits per heavy atom. The Labute approximate surface area is 235 Å². The Balaban J connectivity index is 1.48. The van der Waals surface area contributed by atoms with Crippen molar-refractivity contribution < 1.29 is 55.7 Å². The molecule has 42 heavy (non-hydrogen) atoms. The summed E-state index contributed by atoms with van der Waals surface area (Å²) in [5, 5.41) is 47.0. The maximum atomic E-state index is 13.6. The van der Waals surface area contributed by atoms with E-state index in [0.29, 0.717) is 0 Å². The zero-order valence-corrected chi connectivity index (χ0v) is 21.7. The van der Waals surface area contributed by atoms with Crippen molar-refractivity contribution in [3.63, 3.8) is 0 Å². The zero-order valence-electron chi connectivity index (χ0n) is 20.9. The monoisotopic (exact) mass is 625 g/mol. The first-order valence-corrected chi connectivity index (χ1v) is 13.1. The van der Waals surface area contributed by atoms with Crippen molar-refractivity contribution in [2.75, 3.05) is 24.6 Å². The number of rotatable bonds is 4. The van der Waals surface area contributed by atoms with E-state index in [2.05, 4.69) is 16.0 Å². The highest BCUT2D eigenvalue weighted by Crippen LogP contribution is 2.45. The Morgan fingerprint density at radius 1 is 1.07 bits per heavy atom. The number of hydrogen-bond acceptors (Lipinski definition) is 9. The highest BCUT2D eigenvalue weighted by Gasteiger charge is 2.75. The minimum absolute atomic E-state index is 0.0171. The number of amides is 2. The Bertz CT molecular complexity index is 1370. The molecule has 4 heterocycles. The van der Waals surface area contributed by atoms with Crippen LogP contribution in [-0.2, 0) is 26.7 Å². The number of carbonyl (C=O) groups excluding carboxylic acids is 3. The third-order valence-electron chi connectivity index (χ3n) is 7.40. The van der Waals surface area contributed by atoms with Gasteiger partial charge in [0.05, 0.1) is 53.4 Å². The van der Waals surface area contributed by atoms with Crippen LogP contribution in [0.2, 0.25) is 0 Å². The number of nitrogens with one attached hydrogen (secondary N) is 5. The third-order valence-corrected chi connectivity index (χ3v) is 8.30. The average molecular weight is 626 g/mol. The fourth-order valence-corrected chi connectivity index (χ4v) is 6.28. The van der Waals surface area contributed by atoms with Gasteiger partial charge in [-0.05, 0) is 18.2 Å². The molecule has 1 aromatic carbocycles. The molecule has 0 saturated carbocycles. The maximum absolute atomic E-state index is 13.6. The molecule has 20 heteroatoms. The van der Waals surface area contributed by atoms with E-state index in [1.54, 1.807) is 0 Å². The molecule has 0 aromatic heterocycles. The molecule has 1 spiro atoms. The van der Waals surface area contributed by atoms with Gasteiger partial charge in [-0.3, -0.25) is 25.3 Å². The molecule has 7 N–H and O–H groups in total. The topological polar surface area (TPSA) is 191 Å². The van der Waals surface area contributed by atoms with Gasteiger partial charge in [0.2, 0.25) is 17.6 Å². The van der Waals surface area contributed by atoms with Crippen LogP contribution < -0.4 is 16.0 Å². The summed E-state index contributed by atoms with van der Waals surface area (Å²) < 4.78 is 85.4. The average Bonchev–Trinajstić information content (AvgIpc) is 3.34. The number of nitrogens with zero attached hydrogens (tertiary/aromatic N) is 2. The molecule has 4 aliphatic rings. The molecule has 0 aliphatic carbocycles. The van der Waals surface area contributed by atoms with Gasteiger partial charge >= 0.3 is 18.3 Å². The maximum Gasteiger partial charge on any atom is 0.417 e. The molecule has 1 aromatic rings. The number of halogens is 6. The van der Waals surface area contributed by atoms with Crippen molar-refractivity contribution >= 4 is 41.5 Å². The summed E-state index contributed by atoms with van der Waals surface area (Å²) in [6.45, 7) is -1.16. The number of hydrogen-bond donors (Lipinski definition) is 7. The van der Waals surface area contributed by atoms with Gasteiger partial charge in [-0.2, -0.15) is 26.3 Å². The van der Waals surface area contributed by atoms with Crippen molar-refractivity contribution in [1.29, 1.82) is 10.8 Å². The number of alkyl halides is 6. The normalized spacial score (nSPS) is 29.0. The largest absolute Gasteiger partial charge is 0.451 e. The third kappa shape index (κ3) is 4.56. The van der Waals surface area contributed by atoms with Gasteiger partial charge in [0.15, 0.2) is 23.7 Å². The van der Waals surface area contributed by atoms with E-state index in [1.807, 2.05) is 0 Å². The number of thioether (sulfide) groups is 1. The van der Waals surface area contributed by atoms with Gasteiger partial charge in [0.25, 0.3) is 0 Å². The van der Waals surface area contributed by atoms with E-state index < -0.39 is 94.9 Å². The van der Waals surface area contributed by atoms with Crippen LogP contribution in [0, 0.1) is 10.8 Å². The molecule has 4 fully saturated rings. The van der Waals surface area contributed by atoms with Crippen molar-refractivity contribution in [3.05, 3.63) is 34.9 Å². The molecule has 2 amide bonds. The predicted molar refractivity (Wildman–Crippen MR) is 129 cm³/mol. The summed E-state index contributed by atoms with van der Waals surface area (Å²) in [4.78, 5) is 39.5. The lowest BCUT2D eigenvalue weighted by Crippen LogP contribution is -2.81. The second-order valence-corrected chi connectivity index (χ2v) is 10.9. The lowest BCUT2D eigenvalue weighted by Gasteiger charge is -2.51. The Hall–Kier alpha value is -3.78. The molecule has 4 atom stereocenters. The minimum Gasteiger partial charge on any atom is -0.451 e. The van der Waals surface area contributed by atoms with E-state index in [-0.39, 0.29) is 36.2 Å².